The van der Waals surface area contributed by atoms with E-state index in [1.54, 1.807) is 43.3 Å². The summed E-state index contributed by atoms with van der Waals surface area (Å²) in [5.41, 5.74) is 3.82. The largest absolute Gasteiger partial charge is 0.322 e. The van der Waals surface area contributed by atoms with Gasteiger partial charge in [0.05, 0.1) is 15.6 Å². The predicted molar refractivity (Wildman–Crippen MR) is 155 cm³/mol. The van der Waals surface area contributed by atoms with Gasteiger partial charge >= 0.3 is 0 Å². The second-order valence-electron chi connectivity index (χ2n) is 9.02. The fraction of sp³-hybridized carbons (Fsp3) is 0.107. The van der Waals surface area contributed by atoms with Crippen LogP contribution in [0.25, 0.3) is 0 Å². The van der Waals surface area contributed by atoms with Gasteiger partial charge in [0.25, 0.3) is 26.0 Å². The molecule has 0 radical (unpaired) electrons. The third-order valence-corrected chi connectivity index (χ3v) is 9.09. The number of halogens is 1. The highest BCUT2D eigenvalue weighted by atomic mass is 35.5. The van der Waals surface area contributed by atoms with Gasteiger partial charge in [-0.2, -0.15) is 0 Å². The van der Waals surface area contributed by atoms with Crippen LogP contribution in [0.3, 0.4) is 0 Å². The molecule has 0 atom stereocenters. The van der Waals surface area contributed by atoms with E-state index < -0.39 is 26.0 Å². The van der Waals surface area contributed by atoms with Crippen molar-refractivity contribution in [3.05, 3.63) is 112 Å². The quantitative estimate of drug-likeness (QED) is 0.231. The zero-order chi connectivity index (χ0) is 28.4. The zero-order valence-corrected chi connectivity index (χ0v) is 23.7. The number of nitrogens with one attached hydrogen (secondary N) is 3. The number of carbonyl (C=O) groups is 1. The van der Waals surface area contributed by atoms with E-state index in [1.807, 2.05) is 19.9 Å². The summed E-state index contributed by atoms with van der Waals surface area (Å²) < 4.78 is 56.7. The first kappa shape index (κ1) is 28.2. The molecule has 0 unspecified atom stereocenters. The fourth-order valence-corrected chi connectivity index (χ4v) is 6.36. The molecule has 0 aromatic heterocycles. The highest BCUT2D eigenvalue weighted by molar-refractivity contribution is 7.93. The Morgan fingerprint density at radius 2 is 1.28 bits per heavy atom. The molecular weight excluding hydrogens is 558 g/mol. The average molecular weight is 584 g/mol. The van der Waals surface area contributed by atoms with E-state index >= 15 is 0 Å². The maximum Gasteiger partial charge on any atom is 0.263 e. The number of anilines is 3. The molecule has 0 aliphatic rings. The summed E-state index contributed by atoms with van der Waals surface area (Å²) in [6.45, 7) is 5.52. The topological polar surface area (TPSA) is 121 Å². The van der Waals surface area contributed by atoms with Crippen LogP contribution >= 0.6 is 11.6 Å². The molecule has 0 saturated carbocycles. The minimum Gasteiger partial charge on any atom is -0.322 e. The van der Waals surface area contributed by atoms with Gasteiger partial charge in [-0.05, 0) is 92.6 Å². The van der Waals surface area contributed by atoms with Gasteiger partial charge in [-0.15, -0.1) is 0 Å². The Kier molecular flexibility index (Phi) is 8.01. The number of hydrogen-bond donors (Lipinski definition) is 3. The number of hydrogen-bond acceptors (Lipinski definition) is 5. The summed E-state index contributed by atoms with van der Waals surface area (Å²) in [5.74, 6) is -0.594. The first-order valence-electron chi connectivity index (χ1n) is 11.7. The average Bonchev–Trinajstić information content (AvgIpc) is 2.88. The Hall–Kier alpha value is -3.86. The van der Waals surface area contributed by atoms with Crippen molar-refractivity contribution in [2.75, 3.05) is 14.8 Å². The minimum absolute atomic E-state index is 0.0125. The van der Waals surface area contributed by atoms with Crippen LogP contribution in [0.5, 0.6) is 0 Å². The molecule has 4 aromatic rings. The van der Waals surface area contributed by atoms with Gasteiger partial charge in [0.1, 0.15) is 4.90 Å². The van der Waals surface area contributed by atoms with Gasteiger partial charge in [0.2, 0.25) is 0 Å². The summed E-state index contributed by atoms with van der Waals surface area (Å²) in [6.07, 6.45) is 0. The Morgan fingerprint density at radius 3 is 1.95 bits per heavy atom. The van der Waals surface area contributed by atoms with E-state index in [-0.39, 0.29) is 20.4 Å². The van der Waals surface area contributed by atoms with Crippen molar-refractivity contribution in [1.82, 2.24) is 0 Å². The lowest BCUT2D eigenvalue weighted by atomic mass is 10.1. The molecule has 1 amide bonds. The second-order valence-corrected chi connectivity index (χ2v) is 12.8. The number of rotatable bonds is 8. The lowest BCUT2D eigenvalue weighted by Gasteiger charge is -2.14. The van der Waals surface area contributed by atoms with Gasteiger partial charge in [0.15, 0.2) is 0 Å². The van der Waals surface area contributed by atoms with Gasteiger partial charge in [-0.3, -0.25) is 14.2 Å². The fourth-order valence-electron chi connectivity index (χ4n) is 3.65. The summed E-state index contributed by atoms with van der Waals surface area (Å²) in [4.78, 5) is 12.7. The van der Waals surface area contributed by atoms with Crippen LogP contribution in [0, 0.1) is 20.8 Å². The molecule has 0 aliphatic heterocycles. The van der Waals surface area contributed by atoms with Crippen molar-refractivity contribution in [3.63, 3.8) is 0 Å². The first-order valence-corrected chi connectivity index (χ1v) is 15.1. The van der Waals surface area contributed by atoms with Crippen molar-refractivity contribution in [1.29, 1.82) is 0 Å². The van der Waals surface area contributed by atoms with E-state index in [9.17, 15) is 21.6 Å². The number of carbonyl (C=O) groups excluding carboxylic acids is 1. The number of benzene rings is 4. The van der Waals surface area contributed by atoms with Crippen LogP contribution in [0.15, 0.2) is 94.7 Å². The molecule has 8 nitrogen and oxygen atoms in total. The van der Waals surface area contributed by atoms with Crippen LogP contribution < -0.4 is 14.8 Å². The van der Waals surface area contributed by atoms with Crippen molar-refractivity contribution < 1.29 is 21.6 Å². The summed E-state index contributed by atoms with van der Waals surface area (Å²) >= 11 is 6.20. The molecule has 0 fully saturated rings. The van der Waals surface area contributed by atoms with Crippen LogP contribution in [0.1, 0.15) is 27.0 Å². The normalized spacial score (nSPS) is 11.6. The Balaban J connectivity index is 1.51. The molecule has 4 aromatic carbocycles. The lowest BCUT2D eigenvalue weighted by molar-refractivity contribution is 0.102. The van der Waals surface area contributed by atoms with Crippen molar-refractivity contribution >= 4 is 54.6 Å². The molecule has 0 heterocycles. The molecule has 3 N–H and O–H groups in total. The molecule has 0 saturated heterocycles. The summed E-state index contributed by atoms with van der Waals surface area (Å²) in [6, 6.07) is 21.8. The summed E-state index contributed by atoms with van der Waals surface area (Å²) in [5, 5.41) is 2.60. The first-order chi connectivity index (χ1) is 18.3. The lowest BCUT2D eigenvalue weighted by Crippen LogP contribution is -2.17. The molecule has 0 bridgehead atoms. The minimum atomic E-state index is -4.10. The molecule has 0 spiro atoms. The van der Waals surface area contributed by atoms with Gasteiger partial charge in [-0.25, -0.2) is 16.8 Å². The van der Waals surface area contributed by atoms with Gasteiger partial charge in [0, 0.05) is 16.9 Å². The molecule has 4 rings (SSSR count). The second kappa shape index (κ2) is 11.1. The van der Waals surface area contributed by atoms with Crippen molar-refractivity contribution in [2.24, 2.45) is 0 Å². The molecule has 11 heteroatoms. The number of amides is 1. The Labute approximate surface area is 233 Å². The monoisotopic (exact) mass is 583 g/mol. The van der Waals surface area contributed by atoms with E-state index in [0.717, 1.165) is 16.7 Å². The molecular formula is C28H26ClN3O5S2. The maximum atomic E-state index is 13.1. The highest BCUT2D eigenvalue weighted by Crippen LogP contribution is 2.27. The molecule has 0 aliphatic carbocycles. The van der Waals surface area contributed by atoms with Crippen LogP contribution in [-0.2, 0) is 20.0 Å². The zero-order valence-electron chi connectivity index (χ0n) is 21.3. The highest BCUT2D eigenvalue weighted by Gasteiger charge is 2.22. The Bertz CT molecular complexity index is 1750. The number of sulfonamides is 2. The third kappa shape index (κ3) is 6.78. The van der Waals surface area contributed by atoms with E-state index in [2.05, 4.69) is 14.8 Å². The SMILES string of the molecule is Cc1ccc(NS(=O)(=O)c2ccc(NC(=O)c3ccc(Cl)c(S(=O)(=O)Nc4cc(C)ccc4C)c3)cc2)cc1. The predicted octanol–water partition coefficient (Wildman–Crippen LogP) is 6.12. The smallest absolute Gasteiger partial charge is 0.263 e. The summed E-state index contributed by atoms with van der Waals surface area (Å²) in [7, 11) is -7.93. The standard InChI is InChI=1S/C28H26ClN3O5S2/c1-18-5-9-23(10-6-18)31-38(34,35)24-13-11-22(12-14-24)30-28(33)21-8-15-25(29)27(17-21)39(36,37)32-26-16-19(2)4-7-20(26)3/h4-17,31-32H,1-3H3,(H,30,33). The van der Waals surface area contributed by atoms with Crippen LogP contribution in [-0.4, -0.2) is 22.7 Å². The van der Waals surface area contributed by atoms with Crippen molar-refractivity contribution in [2.45, 2.75) is 30.6 Å². The van der Waals surface area contributed by atoms with E-state index in [1.165, 1.54) is 42.5 Å². The van der Waals surface area contributed by atoms with E-state index in [0.29, 0.717) is 17.1 Å². The van der Waals surface area contributed by atoms with Crippen molar-refractivity contribution in [3.8, 4) is 0 Å². The van der Waals surface area contributed by atoms with Gasteiger partial charge in [-0.1, -0.05) is 41.4 Å². The van der Waals surface area contributed by atoms with Gasteiger partial charge < -0.3 is 5.32 Å². The maximum absolute atomic E-state index is 13.1. The molecule has 202 valence electrons. The van der Waals surface area contributed by atoms with Crippen LogP contribution in [0.2, 0.25) is 5.02 Å². The Morgan fingerprint density at radius 1 is 0.667 bits per heavy atom. The molecule has 39 heavy (non-hydrogen) atoms. The third-order valence-electron chi connectivity index (χ3n) is 5.85. The number of aryl methyl sites for hydroxylation is 3. The van der Waals surface area contributed by atoms with E-state index in [4.69, 9.17) is 11.6 Å². The van der Waals surface area contributed by atoms with Crippen LogP contribution in [0.4, 0.5) is 17.1 Å².